The summed E-state index contributed by atoms with van der Waals surface area (Å²) in [6.07, 6.45) is 4.54. The van der Waals surface area contributed by atoms with Crippen molar-refractivity contribution in [3.63, 3.8) is 0 Å². The number of nitrogens with one attached hydrogen (secondary N) is 2. The van der Waals surface area contributed by atoms with Gasteiger partial charge >= 0.3 is 0 Å². The Morgan fingerprint density at radius 1 is 1.15 bits per heavy atom. The topological polar surface area (TPSA) is 134 Å². The van der Waals surface area contributed by atoms with Crippen LogP contribution in [0.25, 0.3) is 11.0 Å². The number of pyridine rings is 2. The number of halogens is 2. The first-order valence-corrected chi connectivity index (χ1v) is 11.0. The van der Waals surface area contributed by atoms with Crippen LogP contribution in [0.1, 0.15) is 16.7 Å². The van der Waals surface area contributed by atoms with E-state index in [1.54, 1.807) is 24.5 Å². The molecule has 0 atom stereocenters. The molecule has 33 heavy (non-hydrogen) atoms. The van der Waals surface area contributed by atoms with E-state index in [2.05, 4.69) is 24.9 Å². The number of sulfonamides is 1. The maximum Gasteiger partial charge on any atom is 0.267 e. The second-order valence-corrected chi connectivity index (χ2v) is 8.64. The number of aryl methyl sites for hydroxylation is 1. The number of fused-ring (bicyclic) bond motifs is 1. The average molecular weight is 470 g/mol. The minimum Gasteiger partial charge on any atom is -0.480 e. The van der Waals surface area contributed by atoms with Crippen LogP contribution in [0.5, 0.6) is 5.88 Å². The third-order valence-electron chi connectivity index (χ3n) is 4.87. The molecule has 4 rings (SSSR count). The van der Waals surface area contributed by atoms with Gasteiger partial charge in [0.1, 0.15) is 11.9 Å². The molecule has 168 valence electrons. The van der Waals surface area contributed by atoms with Crippen molar-refractivity contribution in [3.05, 3.63) is 71.2 Å². The Hall–Kier alpha value is -4.11. The number of aromatic nitrogens is 4. The van der Waals surface area contributed by atoms with Gasteiger partial charge in [-0.3, -0.25) is 9.82 Å². The van der Waals surface area contributed by atoms with Gasteiger partial charge in [0, 0.05) is 23.3 Å². The lowest BCUT2D eigenvalue weighted by Crippen LogP contribution is -2.17. The van der Waals surface area contributed by atoms with Crippen molar-refractivity contribution in [3.8, 4) is 11.9 Å². The number of rotatable bonds is 7. The lowest BCUT2D eigenvalue weighted by atomic mass is 10.0. The Morgan fingerprint density at radius 2 is 1.97 bits per heavy atom. The molecule has 12 heteroatoms. The molecule has 3 heterocycles. The molecular formula is C21H16F2N6O3S. The first-order valence-electron chi connectivity index (χ1n) is 9.54. The van der Waals surface area contributed by atoms with Gasteiger partial charge < -0.3 is 4.74 Å². The van der Waals surface area contributed by atoms with Crippen LogP contribution in [-0.2, 0) is 22.9 Å². The number of nitrogens with zero attached hydrogens (tertiary/aromatic N) is 4. The van der Waals surface area contributed by atoms with Crippen LogP contribution in [0.2, 0.25) is 0 Å². The van der Waals surface area contributed by atoms with Crippen LogP contribution in [0.4, 0.5) is 14.5 Å². The van der Waals surface area contributed by atoms with Gasteiger partial charge in [-0.2, -0.15) is 10.4 Å². The lowest BCUT2D eigenvalue weighted by Gasteiger charge is -2.14. The van der Waals surface area contributed by atoms with Crippen LogP contribution in [0.3, 0.4) is 0 Å². The zero-order valence-corrected chi connectivity index (χ0v) is 17.9. The summed E-state index contributed by atoms with van der Waals surface area (Å²) in [5.41, 5.74) is 0.577. The van der Waals surface area contributed by atoms with Gasteiger partial charge in [0.15, 0.2) is 16.4 Å². The van der Waals surface area contributed by atoms with E-state index >= 15 is 4.39 Å². The van der Waals surface area contributed by atoms with Crippen molar-refractivity contribution in [1.29, 1.82) is 5.26 Å². The van der Waals surface area contributed by atoms with Gasteiger partial charge in [0.25, 0.3) is 10.0 Å². The largest absolute Gasteiger partial charge is 0.480 e. The molecule has 0 saturated heterocycles. The van der Waals surface area contributed by atoms with E-state index in [0.717, 1.165) is 35.3 Å². The Balaban J connectivity index is 1.62. The Labute approximate surface area is 187 Å². The second kappa shape index (κ2) is 8.79. The van der Waals surface area contributed by atoms with Gasteiger partial charge in [-0.25, -0.2) is 27.2 Å². The molecule has 0 spiro atoms. The summed E-state index contributed by atoms with van der Waals surface area (Å²) in [6.45, 7) is 0. The van der Waals surface area contributed by atoms with E-state index < -0.39 is 32.2 Å². The molecule has 0 amide bonds. The summed E-state index contributed by atoms with van der Waals surface area (Å²) in [6, 6.07) is 6.60. The van der Waals surface area contributed by atoms with E-state index in [4.69, 9.17) is 10.00 Å². The highest BCUT2D eigenvalue weighted by molar-refractivity contribution is 7.92. The molecule has 0 saturated carbocycles. The number of ether oxygens (including phenoxy) is 1. The highest BCUT2D eigenvalue weighted by atomic mass is 32.2. The van der Waals surface area contributed by atoms with Crippen molar-refractivity contribution < 1.29 is 21.9 Å². The number of aromatic amines is 1. The minimum atomic E-state index is -4.40. The van der Waals surface area contributed by atoms with E-state index in [9.17, 15) is 12.8 Å². The fourth-order valence-corrected chi connectivity index (χ4v) is 4.44. The minimum absolute atomic E-state index is 0.0281. The first-order chi connectivity index (χ1) is 15.8. The van der Waals surface area contributed by atoms with Gasteiger partial charge in [0.05, 0.1) is 24.6 Å². The first kappa shape index (κ1) is 22.1. The predicted molar refractivity (Wildman–Crippen MR) is 114 cm³/mol. The molecule has 2 N–H and O–H groups in total. The van der Waals surface area contributed by atoms with E-state index in [1.807, 2.05) is 0 Å². The third-order valence-corrected chi connectivity index (χ3v) is 6.23. The zero-order chi connectivity index (χ0) is 23.6. The van der Waals surface area contributed by atoms with Gasteiger partial charge in [-0.15, -0.1) is 0 Å². The second-order valence-electron chi connectivity index (χ2n) is 6.99. The van der Waals surface area contributed by atoms with Gasteiger partial charge in [-0.1, -0.05) is 0 Å². The Morgan fingerprint density at radius 3 is 2.73 bits per heavy atom. The third kappa shape index (κ3) is 4.44. The average Bonchev–Trinajstić information content (AvgIpc) is 3.28. The SMILES string of the molecule is COc1ncc(C#N)cc1S(=O)(=O)Nc1ccc(F)c(CCc2cnc3[nH]ncc3c2)c1F. The maximum atomic E-state index is 15.1. The normalized spacial score (nSPS) is 11.3. The summed E-state index contributed by atoms with van der Waals surface area (Å²) in [5, 5.41) is 16.4. The zero-order valence-electron chi connectivity index (χ0n) is 17.1. The van der Waals surface area contributed by atoms with Gasteiger partial charge in [-0.05, 0) is 42.7 Å². The molecule has 0 fully saturated rings. The molecular weight excluding hydrogens is 454 g/mol. The van der Waals surface area contributed by atoms with Crippen LogP contribution < -0.4 is 9.46 Å². The summed E-state index contributed by atoms with van der Waals surface area (Å²) < 4.78 is 62.3. The molecule has 0 unspecified atom stereocenters. The molecule has 0 aliphatic rings. The molecule has 0 aliphatic heterocycles. The monoisotopic (exact) mass is 470 g/mol. The van der Waals surface area contributed by atoms with E-state index in [-0.39, 0.29) is 29.8 Å². The van der Waals surface area contributed by atoms with Crippen LogP contribution in [0.15, 0.2) is 47.8 Å². The fourth-order valence-electron chi connectivity index (χ4n) is 3.23. The van der Waals surface area contributed by atoms with E-state index in [1.165, 1.54) is 7.11 Å². The molecule has 0 aliphatic carbocycles. The standard InChI is InChI=1S/C21H16F2N6O3S/c1-32-21-18(7-13(8-24)10-26-21)33(30,31)29-17-5-4-16(22)15(19(17)23)3-2-12-6-14-11-27-28-20(14)25-9-12/h4-7,9-11,29H,2-3H2,1H3,(H,25,27,28). The highest BCUT2D eigenvalue weighted by Crippen LogP contribution is 2.28. The predicted octanol–water partition coefficient (Wildman–Crippen LogP) is 3.10. The summed E-state index contributed by atoms with van der Waals surface area (Å²) in [7, 11) is -3.19. The molecule has 4 aromatic rings. The summed E-state index contributed by atoms with van der Waals surface area (Å²) >= 11 is 0. The lowest BCUT2D eigenvalue weighted by molar-refractivity contribution is 0.385. The fraction of sp³-hybridized carbons (Fsp3) is 0.143. The summed E-state index contributed by atoms with van der Waals surface area (Å²) in [5.74, 6) is -2.12. The van der Waals surface area contributed by atoms with Crippen LogP contribution in [-0.4, -0.2) is 35.7 Å². The van der Waals surface area contributed by atoms with E-state index in [0.29, 0.717) is 5.65 Å². The number of anilines is 1. The number of H-pyrrole nitrogens is 1. The number of benzene rings is 1. The van der Waals surface area contributed by atoms with Crippen LogP contribution in [0, 0.1) is 23.0 Å². The Kier molecular flexibility index (Phi) is 5.89. The molecule has 0 radical (unpaired) electrons. The van der Waals surface area contributed by atoms with Crippen molar-refractivity contribution in [2.75, 3.05) is 11.8 Å². The maximum absolute atomic E-state index is 15.1. The molecule has 1 aromatic carbocycles. The van der Waals surface area contributed by atoms with Crippen molar-refractivity contribution in [2.45, 2.75) is 17.7 Å². The highest BCUT2D eigenvalue weighted by Gasteiger charge is 2.24. The smallest absolute Gasteiger partial charge is 0.267 e. The number of nitriles is 1. The quantitative estimate of drug-likeness (QED) is 0.424. The number of methoxy groups -OCH3 is 1. The number of hydrogen-bond acceptors (Lipinski definition) is 7. The Bertz CT molecular complexity index is 1500. The van der Waals surface area contributed by atoms with Crippen molar-refractivity contribution in [2.24, 2.45) is 0 Å². The summed E-state index contributed by atoms with van der Waals surface area (Å²) in [4.78, 5) is 7.52. The molecule has 3 aromatic heterocycles. The van der Waals surface area contributed by atoms with Crippen LogP contribution >= 0.6 is 0 Å². The molecule has 9 nitrogen and oxygen atoms in total. The van der Waals surface area contributed by atoms with Gasteiger partial charge in [0.2, 0.25) is 5.88 Å². The number of hydrogen-bond donors (Lipinski definition) is 2. The van der Waals surface area contributed by atoms with Crippen molar-refractivity contribution in [1.82, 2.24) is 20.2 Å². The van der Waals surface area contributed by atoms with Crippen molar-refractivity contribution >= 4 is 26.7 Å². The molecule has 0 bridgehead atoms.